The second kappa shape index (κ2) is 9.92. The number of aryl methyl sites for hydroxylation is 1. The summed E-state index contributed by atoms with van der Waals surface area (Å²) in [4.78, 5) is 25.7. The van der Waals surface area contributed by atoms with Crippen LogP contribution >= 0.6 is 0 Å². The number of ether oxygens (including phenoxy) is 2. The summed E-state index contributed by atoms with van der Waals surface area (Å²) >= 11 is 0. The van der Waals surface area contributed by atoms with Gasteiger partial charge in [0.2, 0.25) is 0 Å². The molecular weight excluding hydrogens is 284 g/mol. The van der Waals surface area contributed by atoms with Crippen LogP contribution in [0.2, 0.25) is 0 Å². The first-order valence-electron chi connectivity index (χ1n) is 7.29. The molecule has 0 spiro atoms. The molecule has 2 amide bonds. The molecule has 1 aromatic rings. The number of nitrogens with zero attached hydrogens (tertiary/aromatic N) is 1. The van der Waals surface area contributed by atoms with Crippen LogP contribution in [0, 0.1) is 0 Å². The van der Waals surface area contributed by atoms with Gasteiger partial charge in [-0.25, -0.2) is 0 Å². The molecule has 0 atom stereocenters. The van der Waals surface area contributed by atoms with Gasteiger partial charge in [0.25, 0.3) is 0 Å². The molecule has 0 bridgehead atoms. The summed E-state index contributed by atoms with van der Waals surface area (Å²) in [6, 6.07) is 7.43. The number of benzene rings is 1. The van der Waals surface area contributed by atoms with E-state index in [0.29, 0.717) is 32.0 Å². The van der Waals surface area contributed by atoms with Crippen LogP contribution in [0.5, 0.6) is 0 Å². The third-order valence-electron chi connectivity index (χ3n) is 3.23. The van der Waals surface area contributed by atoms with Gasteiger partial charge in [-0.3, -0.25) is 9.59 Å². The molecule has 0 aromatic heterocycles. The summed E-state index contributed by atoms with van der Waals surface area (Å²) in [5.41, 5.74) is 1.78. The van der Waals surface area contributed by atoms with Crippen molar-refractivity contribution in [2.75, 3.05) is 45.8 Å². The smallest absolute Gasteiger partial charge is 0.313 e. The first-order chi connectivity index (χ1) is 10.6. The summed E-state index contributed by atoms with van der Waals surface area (Å²) in [6.45, 7) is 3.49. The van der Waals surface area contributed by atoms with Crippen molar-refractivity contribution in [3.05, 3.63) is 29.8 Å². The van der Waals surface area contributed by atoms with Gasteiger partial charge in [0.1, 0.15) is 0 Å². The monoisotopic (exact) mass is 308 g/mol. The van der Waals surface area contributed by atoms with E-state index in [1.54, 1.807) is 26.4 Å². The van der Waals surface area contributed by atoms with Gasteiger partial charge in [0.05, 0.1) is 13.2 Å². The lowest BCUT2D eigenvalue weighted by atomic mass is 10.1. The van der Waals surface area contributed by atoms with Gasteiger partial charge < -0.3 is 19.7 Å². The van der Waals surface area contributed by atoms with Gasteiger partial charge in [-0.1, -0.05) is 19.1 Å². The van der Waals surface area contributed by atoms with E-state index in [-0.39, 0.29) is 0 Å². The first-order valence-corrected chi connectivity index (χ1v) is 7.29. The number of methoxy groups -OCH3 is 2. The van der Waals surface area contributed by atoms with Crippen molar-refractivity contribution >= 4 is 17.5 Å². The number of anilines is 1. The van der Waals surface area contributed by atoms with Crippen molar-refractivity contribution in [1.82, 2.24) is 4.90 Å². The molecule has 0 aliphatic heterocycles. The maximum Gasteiger partial charge on any atom is 0.313 e. The lowest BCUT2D eigenvalue weighted by Crippen LogP contribution is -2.43. The molecule has 0 saturated carbocycles. The molecule has 0 aliphatic rings. The lowest BCUT2D eigenvalue weighted by Gasteiger charge is -2.21. The molecule has 6 heteroatoms. The Balaban J connectivity index is 2.64. The Morgan fingerprint density at radius 1 is 1.05 bits per heavy atom. The third-order valence-corrected chi connectivity index (χ3v) is 3.23. The highest BCUT2D eigenvalue weighted by atomic mass is 16.5. The van der Waals surface area contributed by atoms with Crippen molar-refractivity contribution in [3.8, 4) is 0 Å². The van der Waals surface area contributed by atoms with Crippen molar-refractivity contribution in [2.24, 2.45) is 0 Å². The Kier molecular flexibility index (Phi) is 8.17. The standard InChI is InChI=1S/C16H24N2O4/c1-4-13-5-7-14(8-6-13)17-15(19)16(20)18(9-11-21-2)10-12-22-3/h5-8H,4,9-12H2,1-3H3,(H,17,19). The van der Waals surface area contributed by atoms with Crippen LogP contribution in [-0.2, 0) is 25.5 Å². The molecular formula is C16H24N2O4. The molecule has 0 radical (unpaired) electrons. The van der Waals surface area contributed by atoms with Gasteiger partial charge in [0, 0.05) is 33.0 Å². The van der Waals surface area contributed by atoms with E-state index in [4.69, 9.17) is 9.47 Å². The fourth-order valence-electron chi connectivity index (χ4n) is 1.87. The van der Waals surface area contributed by atoms with E-state index >= 15 is 0 Å². The van der Waals surface area contributed by atoms with E-state index in [9.17, 15) is 9.59 Å². The highest BCUT2D eigenvalue weighted by Crippen LogP contribution is 2.10. The van der Waals surface area contributed by atoms with E-state index in [1.165, 1.54) is 10.5 Å². The van der Waals surface area contributed by atoms with Crippen molar-refractivity contribution in [1.29, 1.82) is 0 Å². The van der Waals surface area contributed by atoms with E-state index < -0.39 is 11.8 Å². The number of hydrogen-bond acceptors (Lipinski definition) is 4. The molecule has 0 saturated heterocycles. The highest BCUT2D eigenvalue weighted by Gasteiger charge is 2.21. The topological polar surface area (TPSA) is 67.9 Å². The Bertz CT molecular complexity index is 466. The number of carbonyl (C=O) groups is 2. The zero-order valence-electron chi connectivity index (χ0n) is 13.4. The van der Waals surface area contributed by atoms with Crippen LogP contribution in [0.25, 0.3) is 0 Å². The number of nitrogens with one attached hydrogen (secondary N) is 1. The van der Waals surface area contributed by atoms with Crippen LogP contribution in [0.1, 0.15) is 12.5 Å². The quantitative estimate of drug-likeness (QED) is 0.735. The van der Waals surface area contributed by atoms with Crippen LogP contribution in [0.3, 0.4) is 0 Å². The second-order valence-electron chi connectivity index (χ2n) is 4.78. The molecule has 1 aromatic carbocycles. The molecule has 0 unspecified atom stereocenters. The van der Waals surface area contributed by atoms with E-state index in [0.717, 1.165) is 6.42 Å². The summed E-state index contributed by atoms with van der Waals surface area (Å²) in [6.07, 6.45) is 0.926. The number of hydrogen-bond donors (Lipinski definition) is 1. The average Bonchev–Trinajstić information content (AvgIpc) is 2.55. The maximum atomic E-state index is 12.2. The molecule has 122 valence electrons. The van der Waals surface area contributed by atoms with Gasteiger partial charge in [-0.15, -0.1) is 0 Å². The predicted molar refractivity (Wildman–Crippen MR) is 84.8 cm³/mol. The zero-order chi connectivity index (χ0) is 16.4. The number of amides is 2. The van der Waals surface area contributed by atoms with Crippen molar-refractivity contribution in [2.45, 2.75) is 13.3 Å². The Morgan fingerprint density at radius 2 is 1.59 bits per heavy atom. The summed E-state index contributed by atoms with van der Waals surface area (Å²) in [7, 11) is 3.10. The van der Waals surface area contributed by atoms with E-state index in [1.807, 2.05) is 12.1 Å². The van der Waals surface area contributed by atoms with Crippen LogP contribution in [0.4, 0.5) is 5.69 Å². The van der Waals surface area contributed by atoms with Crippen LogP contribution in [0.15, 0.2) is 24.3 Å². The van der Waals surface area contributed by atoms with E-state index in [2.05, 4.69) is 12.2 Å². The van der Waals surface area contributed by atoms with Gasteiger partial charge in [-0.05, 0) is 24.1 Å². The SMILES string of the molecule is CCc1ccc(NC(=O)C(=O)N(CCOC)CCOC)cc1. The Labute approximate surface area is 131 Å². The maximum absolute atomic E-state index is 12.2. The second-order valence-corrected chi connectivity index (χ2v) is 4.78. The minimum Gasteiger partial charge on any atom is -0.383 e. The number of rotatable bonds is 8. The van der Waals surface area contributed by atoms with Crippen LogP contribution < -0.4 is 5.32 Å². The molecule has 0 fully saturated rings. The Hall–Kier alpha value is -1.92. The third kappa shape index (κ3) is 5.83. The minimum absolute atomic E-state index is 0.348. The van der Waals surface area contributed by atoms with Gasteiger partial charge in [-0.2, -0.15) is 0 Å². The normalized spacial score (nSPS) is 10.3. The summed E-state index contributed by atoms with van der Waals surface area (Å²) in [5.74, 6) is -1.25. The first kappa shape index (κ1) is 18.1. The summed E-state index contributed by atoms with van der Waals surface area (Å²) in [5, 5.41) is 2.61. The van der Waals surface area contributed by atoms with Gasteiger partial charge in [0.15, 0.2) is 0 Å². The fourth-order valence-corrected chi connectivity index (χ4v) is 1.87. The van der Waals surface area contributed by atoms with Crippen LogP contribution in [-0.4, -0.2) is 57.2 Å². The molecule has 0 aliphatic carbocycles. The minimum atomic E-state index is -0.656. The molecule has 0 heterocycles. The molecule has 22 heavy (non-hydrogen) atoms. The largest absolute Gasteiger partial charge is 0.383 e. The summed E-state index contributed by atoms with van der Waals surface area (Å²) < 4.78 is 9.92. The Morgan fingerprint density at radius 3 is 2.05 bits per heavy atom. The lowest BCUT2D eigenvalue weighted by molar-refractivity contribution is -0.144. The predicted octanol–water partition coefficient (Wildman–Crippen LogP) is 1.31. The van der Waals surface area contributed by atoms with Crippen molar-refractivity contribution in [3.63, 3.8) is 0 Å². The highest BCUT2D eigenvalue weighted by molar-refractivity contribution is 6.39. The number of carbonyl (C=O) groups excluding carboxylic acids is 2. The zero-order valence-corrected chi connectivity index (χ0v) is 13.4. The molecule has 6 nitrogen and oxygen atoms in total. The fraction of sp³-hybridized carbons (Fsp3) is 0.500. The van der Waals surface area contributed by atoms with Gasteiger partial charge >= 0.3 is 11.8 Å². The average molecular weight is 308 g/mol. The molecule has 1 N–H and O–H groups in total. The van der Waals surface area contributed by atoms with Crippen molar-refractivity contribution < 1.29 is 19.1 Å². The molecule has 1 rings (SSSR count).